The van der Waals surface area contributed by atoms with Crippen molar-refractivity contribution in [1.29, 1.82) is 0 Å². The highest BCUT2D eigenvalue weighted by atomic mass is 35.5. The molecular formula is C20H16Cl4N4O. The number of benzene rings is 2. The van der Waals surface area contributed by atoms with E-state index in [0.29, 0.717) is 10.0 Å². The number of amides is 1. The zero-order valence-electron chi connectivity index (χ0n) is 15.1. The van der Waals surface area contributed by atoms with Gasteiger partial charge in [-0.3, -0.25) is 4.79 Å². The molecule has 3 aromatic rings. The van der Waals surface area contributed by atoms with Gasteiger partial charge in [-0.25, -0.2) is 9.97 Å². The molecule has 0 atom stereocenters. The number of carbonyl (C=O) groups excluding carboxylic acids is 1. The maximum Gasteiger partial charge on any atom is 0.254 e. The fourth-order valence-electron chi connectivity index (χ4n) is 3.52. The summed E-state index contributed by atoms with van der Waals surface area (Å²) >= 11 is 24.3. The molecular weight excluding hydrogens is 454 g/mol. The summed E-state index contributed by atoms with van der Waals surface area (Å²) in [5.41, 5.74) is 1.06. The van der Waals surface area contributed by atoms with Crippen LogP contribution in [0.3, 0.4) is 0 Å². The Balaban J connectivity index is 1.45. The highest BCUT2D eigenvalue weighted by Gasteiger charge is 2.25. The lowest BCUT2D eigenvalue weighted by atomic mass is 10.0. The number of carbonyl (C=O) groups is 1. The minimum absolute atomic E-state index is 0.0177. The first-order valence-corrected chi connectivity index (χ1v) is 10.5. The summed E-state index contributed by atoms with van der Waals surface area (Å²) in [7, 11) is 0. The van der Waals surface area contributed by atoms with Crippen LogP contribution in [0.4, 0.5) is 5.82 Å². The van der Waals surface area contributed by atoms with Gasteiger partial charge in [0.2, 0.25) is 0 Å². The summed E-state index contributed by atoms with van der Waals surface area (Å²) in [4.78, 5) is 23.6. The molecule has 0 radical (unpaired) electrons. The summed E-state index contributed by atoms with van der Waals surface area (Å²) in [6, 6.07) is 8.64. The smallest absolute Gasteiger partial charge is 0.254 e. The van der Waals surface area contributed by atoms with Crippen LogP contribution in [-0.2, 0) is 0 Å². The van der Waals surface area contributed by atoms with E-state index in [1.54, 1.807) is 6.33 Å². The predicted octanol–water partition coefficient (Wildman–Crippen LogP) is 5.64. The molecule has 0 bridgehead atoms. The lowest BCUT2D eigenvalue weighted by Crippen LogP contribution is -2.45. The van der Waals surface area contributed by atoms with Crippen molar-refractivity contribution in [3.63, 3.8) is 0 Å². The Morgan fingerprint density at radius 1 is 0.966 bits per heavy atom. The van der Waals surface area contributed by atoms with Crippen molar-refractivity contribution >= 4 is 69.0 Å². The zero-order chi connectivity index (χ0) is 20.5. The van der Waals surface area contributed by atoms with E-state index in [1.807, 2.05) is 18.2 Å². The van der Waals surface area contributed by atoms with Crippen molar-refractivity contribution in [3.05, 3.63) is 62.3 Å². The third-order valence-electron chi connectivity index (χ3n) is 4.94. The van der Waals surface area contributed by atoms with Crippen LogP contribution in [0.1, 0.15) is 23.2 Å². The molecule has 4 rings (SSSR count). The van der Waals surface area contributed by atoms with E-state index in [0.717, 1.165) is 42.7 Å². The standard InChI is InChI=1S/C20H16Cl4N4O/c21-11-1-2-14-17(9-11)25-10-26-19(14)28-5-3-13(4-6-28)27-20(29)18-15(23)7-12(22)8-16(18)24/h1-2,7-10,13H,3-6H2,(H,27,29). The SMILES string of the molecule is O=C(NC1CCN(c2ncnc3cc(Cl)ccc23)CC1)c1c(Cl)cc(Cl)cc1Cl. The highest BCUT2D eigenvalue weighted by Crippen LogP contribution is 2.30. The molecule has 0 unspecified atom stereocenters. The molecule has 0 spiro atoms. The number of hydrogen-bond acceptors (Lipinski definition) is 4. The summed E-state index contributed by atoms with van der Waals surface area (Å²) in [6.07, 6.45) is 3.09. The van der Waals surface area contributed by atoms with Gasteiger partial charge in [0.1, 0.15) is 12.1 Å². The molecule has 29 heavy (non-hydrogen) atoms. The van der Waals surface area contributed by atoms with E-state index in [-0.39, 0.29) is 27.6 Å². The van der Waals surface area contributed by atoms with Gasteiger partial charge in [-0.15, -0.1) is 0 Å². The number of anilines is 1. The Hall–Kier alpha value is -1.79. The van der Waals surface area contributed by atoms with Crippen molar-refractivity contribution in [2.45, 2.75) is 18.9 Å². The van der Waals surface area contributed by atoms with Gasteiger partial charge in [0.15, 0.2) is 0 Å². The van der Waals surface area contributed by atoms with Gasteiger partial charge in [0, 0.05) is 34.6 Å². The van der Waals surface area contributed by atoms with Gasteiger partial charge in [0.05, 0.1) is 21.1 Å². The second kappa shape index (κ2) is 8.52. The molecule has 1 N–H and O–H groups in total. The van der Waals surface area contributed by atoms with Crippen LogP contribution in [-0.4, -0.2) is 35.0 Å². The van der Waals surface area contributed by atoms with E-state index >= 15 is 0 Å². The number of rotatable bonds is 3. The normalized spacial score (nSPS) is 15.0. The first-order chi connectivity index (χ1) is 13.9. The van der Waals surface area contributed by atoms with Crippen LogP contribution in [0.15, 0.2) is 36.7 Å². The molecule has 1 aliphatic rings. The van der Waals surface area contributed by atoms with Crippen LogP contribution in [0, 0.1) is 0 Å². The average molecular weight is 470 g/mol. The molecule has 0 saturated carbocycles. The number of nitrogens with one attached hydrogen (secondary N) is 1. The van der Waals surface area contributed by atoms with Gasteiger partial charge < -0.3 is 10.2 Å². The first kappa shape index (κ1) is 20.5. The Kier molecular flexibility index (Phi) is 6.02. The molecule has 1 fully saturated rings. The van der Waals surface area contributed by atoms with Crippen LogP contribution in [0.2, 0.25) is 20.1 Å². The van der Waals surface area contributed by atoms with Crippen molar-refractivity contribution in [3.8, 4) is 0 Å². The number of nitrogens with zero attached hydrogens (tertiary/aromatic N) is 3. The quantitative estimate of drug-likeness (QED) is 0.539. The average Bonchev–Trinajstić information content (AvgIpc) is 2.67. The summed E-state index contributed by atoms with van der Waals surface area (Å²) < 4.78 is 0. The maximum atomic E-state index is 12.7. The van der Waals surface area contributed by atoms with Gasteiger partial charge in [0.25, 0.3) is 5.91 Å². The van der Waals surface area contributed by atoms with E-state index in [4.69, 9.17) is 46.4 Å². The van der Waals surface area contributed by atoms with E-state index in [2.05, 4.69) is 20.2 Å². The predicted molar refractivity (Wildman–Crippen MR) is 119 cm³/mol. The van der Waals surface area contributed by atoms with E-state index in [1.165, 1.54) is 12.1 Å². The summed E-state index contributed by atoms with van der Waals surface area (Å²) in [6.45, 7) is 1.50. The second-order valence-electron chi connectivity index (χ2n) is 6.84. The number of piperidine rings is 1. The number of halogens is 4. The van der Waals surface area contributed by atoms with Crippen molar-refractivity contribution in [1.82, 2.24) is 15.3 Å². The summed E-state index contributed by atoms with van der Waals surface area (Å²) in [5.74, 6) is 0.581. The Labute approximate surface area is 187 Å². The molecule has 2 aromatic carbocycles. The Bertz CT molecular complexity index is 1060. The fraction of sp³-hybridized carbons (Fsp3) is 0.250. The fourth-order valence-corrected chi connectivity index (χ4v) is 4.68. The second-order valence-corrected chi connectivity index (χ2v) is 8.53. The summed E-state index contributed by atoms with van der Waals surface area (Å²) in [5, 5.41) is 5.50. The third kappa shape index (κ3) is 4.38. The lowest BCUT2D eigenvalue weighted by molar-refractivity contribution is 0.0931. The van der Waals surface area contributed by atoms with E-state index in [9.17, 15) is 4.79 Å². The minimum Gasteiger partial charge on any atom is -0.356 e. The van der Waals surface area contributed by atoms with Crippen LogP contribution in [0.5, 0.6) is 0 Å². The van der Waals surface area contributed by atoms with Gasteiger partial charge >= 0.3 is 0 Å². The third-order valence-corrected chi connectivity index (χ3v) is 5.99. The zero-order valence-corrected chi connectivity index (χ0v) is 18.2. The van der Waals surface area contributed by atoms with Crippen LogP contribution < -0.4 is 10.2 Å². The van der Waals surface area contributed by atoms with Crippen LogP contribution >= 0.6 is 46.4 Å². The van der Waals surface area contributed by atoms with Gasteiger partial charge in [-0.05, 0) is 43.2 Å². The largest absolute Gasteiger partial charge is 0.356 e. The number of hydrogen-bond donors (Lipinski definition) is 1. The van der Waals surface area contributed by atoms with Crippen molar-refractivity contribution in [2.75, 3.05) is 18.0 Å². The van der Waals surface area contributed by atoms with Gasteiger partial charge in [-0.2, -0.15) is 0 Å². The molecule has 2 heterocycles. The first-order valence-electron chi connectivity index (χ1n) is 9.03. The Morgan fingerprint density at radius 2 is 1.66 bits per heavy atom. The molecule has 9 heteroatoms. The van der Waals surface area contributed by atoms with Crippen molar-refractivity contribution < 1.29 is 4.79 Å². The molecule has 150 valence electrons. The maximum absolute atomic E-state index is 12.7. The number of aromatic nitrogens is 2. The molecule has 1 aliphatic heterocycles. The minimum atomic E-state index is -0.294. The molecule has 1 aromatic heterocycles. The highest BCUT2D eigenvalue weighted by molar-refractivity contribution is 6.42. The molecule has 1 amide bonds. The molecule has 0 aliphatic carbocycles. The molecule has 1 saturated heterocycles. The molecule has 5 nitrogen and oxygen atoms in total. The van der Waals surface area contributed by atoms with Crippen molar-refractivity contribution in [2.24, 2.45) is 0 Å². The Morgan fingerprint density at radius 3 is 2.34 bits per heavy atom. The topological polar surface area (TPSA) is 58.1 Å². The van der Waals surface area contributed by atoms with Gasteiger partial charge in [-0.1, -0.05) is 46.4 Å². The van der Waals surface area contributed by atoms with Crippen LogP contribution in [0.25, 0.3) is 10.9 Å². The van der Waals surface area contributed by atoms with E-state index < -0.39 is 0 Å². The monoisotopic (exact) mass is 468 g/mol. The lowest BCUT2D eigenvalue weighted by Gasteiger charge is -2.33. The number of fused-ring (bicyclic) bond motifs is 1.